The Hall–Kier alpha value is -2.43. The van der Waals surface area contributed by atoms with Crippen molar-refractivity contribution in [3.8, 4) is 17.1 Å². The summed E-state index contributed by atoms with van der Waals surface area (Å²) in [5, 5.41) is 2.57. The van der Waals surface area contributed by atoms with Gasteiger partial charge in [0.15, 0.2) is 0 Å². The van der Waals surface area contributed by atoms with Crippen molar-refractivity contribution in [2.45, 2.75) is 0 Å². The zero-order chi connectivity index (χ0) is 13.0. The molecule has 18 heavy (non-hydrogen) atoms. The fourth-order valence-corrected chi connectivity index (χ4v) is 1.55. The van der Waals surface area contributed by atoms with Gasteiger partial charge in [-0.1, -0.05) is 0 Å². The lowest BCUT2D eigenvalue weighted by Crippen LogP contribution is -2.11. The Bertz CT molecular complexity index is 534. The van der Waals surface area contributed by atoms with Crippen LogP contribution in [-0.2, 0) is 4.74 Å². The number of rotatable bonds is 3. The van der Waals surface area contributed by atoms with Gasteiger partial charge in [0, 0.05) is 5.56 Å². The Kier molecular flexibility index (Phi) is 3.52. The molecule has 0 radical (unpaired) electrons. The Labute approximate surface area is 104 Å². The lowest BCUT2D eigenvalue weighted by atomic mass is 10.1. The molecule has 0 saturated heterocycles. The largest absolute Gasteiger partial charge is 0.495 e. The lowest BCUT2D eigenvalue weighted by molar-refractivity contribution is 0.187. The third kappa shape index (κ3) is 2.45. The molecule has 0 unspecified atom stereocenters. The lowest BCUT2D eigenvalue weighted by Gasteiger charge is -2.10. The van der Waals surface area contributed by atoms with E-state index in [2.05, 4.69) is 10.1 Å². The Morgan fingerprint density at radius 3 is 2.72 bits per heavy atom. The average molecular weight is 247 g/mol. The zero-order valence-electron chi connectivity index (χ0n) is 10.1. The number of carbonyl (C=O) groups is 1. The fraction of sp³-hybridized carbons (Fsp3) is 0.154. The van der Waals surface area contributed by atoms with Gasteiger partial charge in [-0.25, -0.2) is 4.79 Å². The molecule has 0 aliphatic carbocycles. The summed E-state index contributed by atoms with van der Waals surface area (Å²) in [5.74, 6) is 1.27. The van der Waals surface area contributed by atoms with Gasteiger partial charge in [0.2, 0.25) is 0 Å². The van der Waals surface area contributed by atoms with Crippen LogP contribution >= 0.6 is 0 Å². The molecular formula is C13H13NO4. The highest BCUT2D eigenvalue weighted by Gasteiger charge is 2.10. The zero-order valence-corrected chi connectivity index (χ0v) is 10.1. The summed E-state index contributed by atoms with van der Waals surface area (Å²) < 4.78 is 15.0. The van der Waals surface area contributed by atoms with E-state index in [1.807, 2.05) is 18.2 Å². The summed E-state index contributed by atoms with van der Waals surface area (Å²) in [4.78, 5) is 11.2. The highest BCUT2D eigenvalue weighted by molar-refractivity contribution is 5.87. The van der Waals surface area contributed by atoms with E-state index < -0.39 is 6.09 Å². The monoisotopic (exact) mass is 247 g/mol. The first-order valence-corrected chi connectivity index (χ1v) is 5.31. The van der Waals surface area contributed by atoms with E-state index in [9.17, 15) is 4.79 Å². The van der Waals surface area contributed by atoms with Crippen LogP contribution < -0.4 is 10.1 Å². The van der Waals surface area contributed by atoms with E-state index in [1.165, 1.54) is 14.2 Å². The number of amides is 1. The Morgan fingerprint density at radius 1 is 1.28 bits per heavy atom. The molecular weight excluding hydrogens is 234 g/mol. The maximum absolute atomic E-state index is 11.2. The van der Waals surface area contributed by atoms with Crippen molar-refractivity contribution in [1.29, 1.82) is 0 Å². The van der Waals surface area contributed by atoms with E-state index in [4.69, 9.17) is 9.15 Å². The Morgan fingerprint density at radius 2 is 2.11 bits per heavy atom. The highest BCUT2D eigenvalue weighted by atomic mass is 16.5. The second-order valence-corrected chi connectivity index (χ2v) is 3.51. The van der Waals surface area contributed by atoms with Gasteiger partial charge < -0.3 is 13.9 Å². The van der Waals surface area contributed by atoms with Gasteiger partial charge in [-0.05, 0) is 30.3 Å². The molecule has 0 aliphatic heterocycles. The van der Waals surface area contributed by atoms with Crippen LogP contribution in [0.5, 0.6) is 5.75 Å². The third-order valence-electron chi connectivity index (χ3n) is 2.43. The predicted octanol–water partition coefficient (Wildman–Crippen LogP) is 3.13. The van der Waals surface area contributed by atoms with Gasteiger partial charge in [-0.2, -0.15) is 0 Å². The second-order valence-electron chi connectivity index (χ2n) is 3.51. The van der Waals surface area contributed by atoms with Gasteiger partial charge in [0.25, 0.3) is 0 Å². The third-order valence-corrected chi connectivity index (χ3v) is 2.43. The number of hydrogen-bond acceptors (Lipinski definition) is 4. The molecule has 5 nitrogen and oxygen atoms in total. The second kappa shape index (κ2) is 5.27. The van der Waals surface area contributed by atoms with E-state index in [-0.39, 0.29) is 0 Å². The normalized spacial score (nSPS) is 9.89. The van der Waals surface area contributed by atoms with Crippen LogP contribution in [-0.4, -0.2) is 20.3 Å². The molecule has 1 N–H and O–H groups in total. The summed E-state index contributed by atoms with van der Waals surface area (Å²) in [5.41, 5.74) is 1.41. The summed E-state index contributed by atoms with van der Waals surface area (Å²) in [6, 6.07) is 8.99. The molecule has 2 aromatic rings. The van der Waals surface area contributed by atoms with Crippen LogP contribution in [0, 0.1) is 0 Å². The predicted molar refractivity (Wildman–Crippen MR) is 66.7 cm³/mol. The molecule has 0 bridgehead atoms. The van der Waals surface area contributed by atoms with Crippen molar-refractivity contribution in [3.63, 3.8) is 0 Å². The number of methoxy groups -OCH3 is 2. The minimum absolute atomic E-state index is 0.536. The van der Waals surface area contributed by atoms with Crippen LogP contribution in [0.3, 0.4) is 0 Å². The maximum atomic E-state index is 11.2. The number of anilines is 1. The molecule has 5 heteroatoms. The first-order valence-electron chi connectivity index (χ1n) is 5.31. The molecule has 1 aromatic heterocycles. The molecule has 0 atom stereocenters. The SMILES string of the molecule is COC(=O)Nc1ccc(-c2ccco2)cc1OC. The van der Waals surface area contributed by atoms with E-state index in [0.717, 1.165) is 11.3 Å². The topological polar surface area (TPSA) is 60.7 Å². The molecule has 2 rings (SSSR count). The standard InChI is InChI=1S/C13H13NO4/c1-16-12-8-9(11-4-3-7-18-11)5-6-10(12)14-13(15)17-2/h3-8H,1-2H3,(H,14,15). The van der Waals surface area contributed by atoms with Crippen molar-refractivity contribution in [2.75, 3.05) is 19.5 Å². The number of hydrogen-bond donors (Lipinski definition) is 1. The van der Waals surface area contributed by atoms with Crippen LogP contribution in [0.1, 0.15) is 0 Å². The molecule has 1 amide bonds. The van der Waals surface area contributed by atoms with Crippen molar-refractivity contribution < 1.29 is 18.7 Å². The van der Waals surface area contributed by atoms with Crippen LogP contribution in [0.25, 0.3) is 11.3 Å². The average Bonchev–Trinajstić information content (AvgIpc) is 2.93. The molecule has 94 valence electrons. The van der Waals surface area contributed by atoms with Gasteiger partial charge >= 0.3 is 6.09 Å². The summed E-state index contributed by atoms with van der Waals surface area (Å²) in [6.07, 6.45) is 1.06. The highest BCUT2D eigenvalue weighted by Crippen LogP contribution is 2.30. The summed E-state index contributed by atoms with van der Waals surface area (Å²) >= 11 is 0. The van der Waals surface area contributed by atoms with Gasteiger partial charge in [-0.15, -0.1) is 0 Å². The molecule has 0 fully saturated rings. The van der Waals surface area contributed by atoms with Gasteiger partial charge in [0.1, 0.15) is 11.5 Å². The van der Waals surface area contributed by atoms with Crippen LogP contribution in [0.2, 0.25) is 0 Å². The van der Waals surface area contributed by atoms with E-state index in [1.54, 1.807) is 18.4 Å². The maximum Gasteiger partial charge on any atom is 0.411 e. The minimum Gasteiger partial charge on any atom is -0.495 e. The van der Waals surface area contributed by atoms with Crippen LogP contribution in [0.4, 0.5) is 10.5 Å². The minimum atomic E-state index is -0.543. The van der Waals surface area contributed by atoms with E-state index >= 15 is 0 Å². The van der Waals surface area contributed by atoms with Crippen molar-refractivity contribution in [3.05, 3.63) is 36.6 Å². The fourth-order valence-electron chi connectivity index (χ4n) is 1.55. The van der Waals surface area contributed by atoms with Crippen LogP contribution in [0.15, 0.2) is 41.0 Å². The molecule has 0 aliphatic rings. The summed E-state index contributed by atoms with van der Waals surface area (Å²) in [7, 11) is 2.84. The molecule has 0 spiro atoms. The Balaban J connectivity index is 2.31. The molecule has 1 heterocycles. The smallest absolute Gasteiger partial charge is 0.411 e. The first-order chi connectivity index (χ1) is 8.74. The first kappa shape index (κ1) is 12.0. The van der Waals surface area contributed by atoms with Gasteiger partial charge in [-0.3, -0.25) is 5.32 Å². The van der Waals surface area contributed by atoms with Crippen molar-refractivity contribution in [2.24, 2.45) is 0 Å². The van der Waals surface area contributed by atoms with Crippen molar-refractivity contribution in [1.82, 2.24) is 0 Å². The number of carbonyl (C=O) groups excluding carboxylic acids is 1. The molecule has 0 saturated carbocycles. The molecule has 1 aromatic carbocycles. The van der Waals surface area contributed by atoms with Crippen molar-refractivity contribution >= 4 is 11.8 Å². The van der Waals surface area contributed by atoms with E-state index in [0.29, 0.717) is 11.4 Å². The number of ether oxygens (including phenoxy) is 2. The summed E-state index contributed by atoms with van der Waals surface area (Å²) in [6.45, 7) is 0. The van der Waals surface area contributed by atoms with Gasteiger partial charge in [0.05, 0.1) is 26.2 Å². The number of benzene rings is 1. The number of furan rings is 1. The quantitative estimate of drug-likeness (QED) is 0.905. The number of nitrogens with one attached hydrogen (secondary N) is 1.